The van der Waals surface area contributed by atoms with Crippen LogP contribution in [0.5, 0.6) is 0 Å². The van der Waals surface area contributed by atoms with Gasteiger partial charge in [-0.05, 0) is 57.8 Å². The highest BCUT2D eigenvalue weighted by Crippen LogP contribution is 2.43. The summed E-state index contributed by atoms with van der Waals surface area (Å²) in [6, 6.07) is -2.36. The Morgan fingerprint density at radius 3 is 2.42 bits per heavy atom. The van der Waals surface area contributed by atoms with Crippen LogP contribution in [0, 0.1) is 29.1 Å². The Hall–Kier alpha value is -2.91. The third-order valence-corrected chi connectivity index (χ3v) is 7.30. The quantitative estimate of drug-likeness (QED) is 0.439. The first-order valence-electron chi connectivity index (χ1n) is 12.1. The Labute approximate surface area is 206 Å². The molecule has 2 aliphatic heterocycles. The molecule has 1 saturated carbocycles. The van der Waals surface area contributed by atoms with Gasteiger partial charge in [-0.15, -0.1) is 0 Å². The maximum Gasteiger partial charge on any atom is 0.471 e. The predicted octanol–water partition coefficient (Wildman–Crippen LogP) is 1.33. The number of alkyl halides is 4. The second-order valence-corrected chi connectivity index (χ2v) is 10.3. The number of hydrogen-bond donors (Lipinski definition) is 3. The Morgan fingerprint density at radius 1 is 1.14 bits per heavy atom. The van der Waals surface area contributed by atoms with Gasteiger partial charge in [-0.1, -0.05) is 6.42 Å². The van der Waals surface area contributed by atoms with Crippen molar-refractivity contribution in [1.29, 1.82) is 5.26 Å². The highest BCUT2D eigenvalue weighted by molar-refractivity contribution is 5.94. The van der Waals surface area contributed by atoms with E-state index in [4.69, 9.17) is 0 Å². The van der Waals surface area contributed by atoms with Gasteiger partial charge in [0, 0.05) is 19.0 Å². The topological polar surface area (TPSA) is 131 Å². The smallest absolute Gasteiger partial charge is 0.356 e. The van der Waals surface area contributed by atoms with Crippen LogP contribution in [0.1, 0.15) is 52.4 Å². The highest BCUT2D eigenvalue weighted by atomic mass is 19.4. The van der Waals surface area contributed by atoms with E-state index in [-0.39, 0.29) is 30.7 Å². The molecule has 36 heavy (non-hydrogen) atoms. The van der Waals surface area contributed by atoms with Crippen molar-refractivity contribution in [1.82, 2.24) is 20.9 Å². The van der Waals surface area contributed by atoms with Gasteiger partial charge in [0.2, 0.25) is 17.7 Å². The van der Waals surface area contributed by atoms with Crippen LogP contribution in [-0.2, 0) is 19.2 Å². The maximum absolute atomic E-state index is 14.9. The third-order valence-electron chi connectivity index (χ3n) is 7.30. The van der Waals surface area contributed by atoms with E-state index in [1.165, 1.54) is 5.32 Å². The van der Waals surface area contributed by atoms with Crippen molar-refractivity contribution >= 4 is 23.6 Å². The first-order valence-corrected chi connectivity index (χ1v) is 12.1. The predicted molar refractivity (Wildman–Crippen MR) is 117 cm³/mol. The standard InChI is InChI=1S/C23H31F4N5O4/c1-22(2,24)17(31-21(36)23(25,26)27)20(35)32-11-13-5-3-7-15(13)16(32)19(34)30-14(10-28)9-12-6-4-8-29-18(12)33/h12-17H,3-9,11H2,1-2H3,(H,29,33)(H,30,34)(H,31,36)/t12-,13-,14-,15-,16-,17+/m0/s1. The summed E-state index contributed by atoms with van der Waals surface area (Å²) in [7, 11) is 0. The van der Waals surface area contributed by atoms with Gasteiger partial charge in [0.1, 0.15) is 23.8 Å². The van der Waals surface area contributed by atoms with Crippen LogP contribution in [0.2, 0.25) is 0 Å². The van der Waals surface area contributed by atoms with Gasteiger partial charge >= 0.3 is 12.1 Å². The zero-order valence-electron chi connectivity index (χ0n) is 20.2. The van der Waals surface area contributed by atoms with E-state index in [1.807, 2.05) is 6.07 Å². The minimum Gasteiger partial charge on any atom is -0.356 e. The molecule has 0 aromatic heterocycles. The van der Waals surface area contributed by atoms with Crippen molar-refractivity contribution in [2.45, 2.75) is 82.3 Å². The first kappa shape index (κ1) is 27.7. The summed E-state index contributed by atoms with van der Waals surface area (Å²) in [5.41, 5.74) is -2.56. The van der Waals surface area contributed by atoms with Gasteiger partial charge < -0.3 is 20.9 Å². The fraction of sp³-hybridized carbons (Fsp3) is 0.783. The third kappa shape index (κ3) is 6.07. The molecule has 3 aliphatic rings. The van der Waals surface area contributed by atoms with Crippen LogP contribution in [0.15, 0.2) is 0 Å². The molecule has 1 aliphatic carbocycles. The van der Waals surface area contributed by atoms with E-state index < -0.39 is 53.6 Å². The van der Waals surface area contributed by atoms with Crippen LogP contribution in [0.3, 0.4) is 0 Å². The molecule has 0 aromatic carbocycles. The van der Waals surface area contributed by atoms with Gasteiger partial charge in [0.05, 0.1) is 6.07 Å². The lowest BCUT2D eigenvalue weighted by Gasteiger charge is -2.34. The van der Waals surface area contributed by atoms with Gasteiger partial charge in [-0.2, -0.15) is 18.4 Å². The lowest BCUT2D eigenvalue weighted by Crippen LogP contribution is -2.61. The molecule has 3 fully saturated rings. The molecule has 200 valence electrons. The molecule has 13 heteroatoms. The molecule has 3 rings (SSSR count). The van der Waals surface area contributed by atoms with E-state index in [1.54, 1.807) is 0 Å². The minimum absolute atomic E-state index is 0.0261. The number of rotatable bonds is 7. The Balaban J connectivity index is 1.80. The van der Waals surface area contributed by atoms with E-state index in [0.717, 1.165) is 31.6 Å². The first-order chi connectivity index (χ1) is 16.7. The molecule has 0 spiro atoms. The van der Waals surface area contributed by atoms with Crippen LogP contribution in [-0.4, -0.2) is 71.6 Å². The van der Waals surface area contributed by atoms with Crippen molar-refractivity contribution in [3.63, 3.8) is 0 Å². The maximum atomic E-state index is 14.9. The normalized spacial score (nSPS) is 27.9. The van der Waals surface area contributed by atoms with Gasteiger partial charge in [-0.3, -0.25) is 19.2 Å². The molecule has 0 unspecified atom stereocenters. The number of amides is 4. The second kappa shape index (κ2) is 10.6. The second-order valence-electron chi connectivity index (χ2n) is 10.3. The van der Waals surface area contributed by atoms with Gasteiger partial charge in [0.25, 0.3) is 0 Å². The van der Waals surface area contributed by atoms with Crippen molar-refractivity contribution in [2.24, 2.45) is 17.8 Å². The fourth-order valence-corrected chi connectivity index (χ4v) is 5.52. The summed E-state index contributed by atoms with van der Waals surface area (Å²) in [4.78, 5) is 51.3. The molecule has 3 N–H and O–H groups in total. The molecular formula is C23H31F4N5O4. The Kier molecular flexibility index (Phi) is 8.15. The number of halogens is 4. The lowest BCUT2D eigenvalue weighted by molar-refractivity contribution is -0.176. The van der Waals surface area contributed by atoms with Crippen LogP contribution in [0.25, 0.3) is 0 Å². The SMILES string of the molecule is CC(C)(F)[C@H](NC(=O)C(F)(F)F)C(=O)N1C[C@@H]2CCC[C@@H]2[C@H]1C(=O)N[C@H](C#N)C[C@@H]1CCCNC1=O. The zero-order chi connectivity index (χ0) is 26.8. The molecule has 4 amide bonds. The summed E-state index contributed by atoms with van der Waals surface area (Å²) < 4.78 is 53.4. The Bertz CT molecular complexity index is 929. The molecule has 6 atom stereocenters. The van der Waals surface area contributed by atoms with Crippen molar-refractivity contribution in [2.75, 3.05) is 13.1 Å². The van der Waals surface area contributed by atoms with Crippen molar-refractivity contribution < 1.29 is 36.7 Å². The van der Waals surface area contributed by atoms with Gasteiger partial charge in [0.15, 0.2) is 0 Å². The molecule has 0 radical (unpaired) electrons. The van der Waals surface area contributed by atoms with Crippen LogP contribution in [0.4, 0.5) is 17.6 Å². The molecule has 2 saturated heterocycles. The van der Waals surface area contributed by atoms with Crippen LogP contribution >= 0.6 is 0 Å². The number of piperidine rings is 1. The number of nitrogens with zero attached hydrogens (tertiary/aromatic N) is 2. The number of carbonyl (C=O) groups is 4. The fourth-order valence-electron chi connectivity index (χ4n) is 5.52. The van der Waals surface area contributed by atoms with E-state index in [0.29, 0.717) is 25.8 Å². The summed E-state index contributed by atoms with van der Waals surface area (Å²) >= 11 is 0. The average Bonchev–Trinajstić information content (AvgIpc) is 3.37. The Morgan fingerprint density at radius 2 is 1.83 bits per heavy atom. The number of likely N-dealkylation sites (tertiary alicyclic amines) is 1. The minimum atomic E-state index is -5.33. The summed E-state index contributed by atoms with van der Waals surface area (Å²) in [6.07, 6.45) is -1.91. The van der Waals surface area contributed by atoms with E-state index in [9.17, 15) is 42.0 Å². The summed E-state index contributed by atoms with van der Waals surface area (Å²) in [6.45, 7) is 2.31. The monoisotopic (exact) mass is 517 g/mol. The van der Waals surface area contributed by atoms with Crippen LogP contribution < -0.4 is 16.0 Å². The largest absolute Gasteiger partial charge is 0.471 e. The zero-order valence-corrected chi connectivity index (χ0v) is 20.2. The highest BCUT2D eigenvalue weighted by Gasteiger charge is 2.53. The molecule has 0 bridgehead atoms. The number of fused-ring (bicyclic) bond motifs is 1. The molecular weight excluding hydrogens is 486 g/mol. The van der Waals surface area contributed by atoms with E-state index in [2.05, 4.69) is 10.6 Å². The number of nitrogens with one attached hydrogen (secondary N) is 3. The number of carbonyl (C=O) groups excluding carboxylic acids is 4. The lowest BCUT2D eigenvalue weighted by atomic mass is 9.90. The number of nitriles is 1. The summed E-state index contributed by atoms with van der Waals surface area (Å²) in [5.74, 6) is -5.37. The molecule has 2 heterocycles. The molecule has 0 aromatic rings. The van der Waals surface area contributed by atoms with E-state index >= 15 is 0 Å². The average molecular weight is 518 g/mol. The number of hydrogen-bond acceptors (Lipinski definition) is 5. The van der Waals surface area contributed by atoms with Crippen molar-refractivity contribution in [3.05, 3.63) is 0 Å². The molecule has 9 nitrogen and oxygen atoms in total. The van der Waals surface area contributed by atoms with Gasteiger partial charge in [-0.25, -0.2) is 4.39 Å². The van der Waals surface area contributed by atoms with Crippen molar-refractivity contribution in [3.8, 4) is 6.07 Å². The summed E-state index contributed by atoms with van der Waals surface area (Å²) in [5, 5.41) is 16.3.